The third-order valence-electron chi connectivity index (χ3n) is 1.83. The minimum Gasteiger partial charge on any atom is -0.465 e. The van der Waals surface area contributed by atoms with Gasteiger partial charge in [0.05, 0.1) is 13.2 Å². The Balaban J connectivity index is 4.18. The third kappa shape index (κ3) is 7.36. The van der Waals surface area contributed by atoms with E-state index < -0.39 is 21.6 Å². The van der Waals surface area contributed by atoms with Crippen LogP contribution >= 0.6 is 31.9 Å². The summed E-state index contributed by atoms with van der Waals surface area (Å²) in [6.07, 6.45) is 0. The summed E-state index contributed by atoms with van der Waals surface area (Å²) in [6, 6.07) is 0. The van der Waals surface area contributed by atoms with Crippen molar-refractivity contribution in [2.75, 3.05) is 13.2 Å². The molecule has 0 aromatic heterocycles. The van der Waals surface area contributed by atoms with Crippen LogP contribution in [0.1, 0.15) is 27.7 Å². The van der Waals surface area contributed by atoms with Crippen LogP contribution in [0.5, 0.6) is 0 Å². The monoisotopic (exact) mass is 386 g/mol. The fourth-order valence-corrected chi connectivity index (χ4v) is 1.59. The largest absolute Gasteiger partial charge is 0.465 e. The molecule has 0 aliphatic heterocycles. The van der Waals surface area contributed by atoms with Crippen molar-refractivity contribution in [2.45, 2.75) is 37.3 Å². The Morgan fingerprint density at radius 2 is 1.11 bits per heavy atom. The van der Waals surface area contributed by atoms with Crippen molar-refractivity contribution in [3.05, 3.63) is 0 Å². The Bertz CT molecular complexity index is 251. The Morgan fingerprint density at radius 3 is 1.33 bits per heavy atom. The van der Waals surface area contributed by atoms with E-state index in [0.717, 1.165) is 0 Å². The number of carbonyl (C=O) groups is 2. The predicted octanol–water partition coefficient (Wildman–Crippen LogP) is 2.91. The van der Waals surface area contributed by atoms with E-state index in [0.29, 0.717) is 13.2 Å². The molecule has 0 unspecified atom stereocenters. The predicted molar refractivity (Wildman–Crippen MR) is 77.0 cm³/mol. The second-order valence-electron chi connectivity index (χ2n) is 4.85. The standard InChI is InChI=1S/C12H20Br2O4/c1-7(2)5-17-11(15)9(13)10(14)12(16)18-6-8(3)4/h7-10H,5-6H2,1-4H3/t9-,10-/m1/s1. The van der Waals surface area contributed by atoms with E-state index in [2.05, 4.69) is 31.9 Å². The van der Waals surface area contributed by atoms with Gasteiger partial charge in [-0.05, 0) is 11.8 Å². The van der Waals surface area contributed by atoms with Gasteiger partial charge in [0.15, 0.2) is 0 Å². The van der Waals surface area contributed by atoms with Gasteiger partial charge in [0, 0.05) is 0 Å². The van der Waals surface area contributed by atoms with Crippen LogP contribution in [0.25, 0.3) is 0 Å². The first-order chi connectivity index (χ1) is 8.25. The van der Waals surface area contributed by atoms with Gasteiger partial charge in [-0.25, -0.2) is 0 Å². The van der Waals surface area contributed by atoms with Gasteiger partial charge in [-0.3, -0.25) is 9.59 Å². The van der Waals surface area contributed by atoms with Crippen LogP contribution in [-0.4, -0.2) is 34.8 Å². The number of esters is 2. The van der Waals surface area contributed by atoms with E-state index in [1.165, 1.54) is 0 Å². The molecule has 0 aromatic carbocycles. The summed E-state index contributed by atoms with van der Waals surface area (Å²) in [6.45, 7) is 8.44. The van der Waals surface area contributed by atoms with E-state index in [1.54, 1.807) is 0 Å². The van der Waals surface area contributed by atoms with Gasteiger partial charge < -0.3 is 9.47 Å². The molecular weight excluding hydrogens is 368 g/mol. The van der Waals surface area contributed by atoms with Crippen LogP contribution in [0.3, 0.4) is 0 Å². The summed E-state index contributed by atoms with van der Waals surface area (Å²) < 4.78 is 10.1. The van der Waals surface area contributed by atoms with E-state index in [1.807, 2.05) is 27.7 Å². The smallest absolute Gasteiger partial charge is 0.321 e. The van der Waals surface area contributed by atoms with Crippen LogP contribution in [0.2, 0.25) is 0 Å². The first-order valence-electron chi connectivity index (χ1n) is 5.87. The maximum Gasteiger partial charge on any atom is 0.321 e. The van der Waals surface area contributed by atoms with Crippen LogP contribution in [0.15, 0.2) is 0 Å². The average molecular weight is 388 g/mol. The number of rotatable bonds is 7. The summed E-state index contributed by atoms with van der Waals surface area (Å²) in [4.78, 5) is 21.8. The first-order valence-corrected chi connectivity index (χ1v) is 7.70. The van der Waals surface area contributed by atoms with Gasteiger partial charge in [-0.15, -0.1) is 0 Å². The summed E-state index contributed by atoms with van der Waals surface area (Å²) in [7, 11) is 0. The van der Waals surface area contributed by atoms with Gasteiger partial charge in [0.25, 0.3) is 0 Å². The molecule has 0 saturated heterocycles. The molecule has 0 rings (SSSR count). The molecular formula is C12H20Br2O4. The fourth-order valence-electron chi connectivity index (χ4n) is 0.896. The topological polar surface area (TPSA) is 52.6 Å². The van der Waals surface area contributed by atoms with Crippen molar-refractivity contribution in [3.8, 4) is 0 Å². The van der Waals surface area contributed by atoms with E-state index in [4.69, 9.17) is 9.47 Å². The van der Waals surface area contributed by atoms with E-state index in [9.17, 15) is 9.59 Å². The van der Waals surface area contributed by atoms with Crippen molar-refractivity contribution >= 4 is 43.8 Å². The number of hydrogen-bond donors (Lipinski definition) is 0. The maximum absolute atomic E-state index is 11.6. The molecule has 0 radical (unpaired) electrons. The van der Waals surface area contributed by atoms with E-state index >= 15 is 0 Å². The van der Waals surface area contributed by atoms with Gasteiger partial charge in [0.2, 0.25) is 0 Å². The number of carbonyl (C=O) groups excluding carboxylic acids is 2. The minimum absolute atomic E-state index is 0.260. The van der Waals surface area contributed by atoms with Gasteiger partial charge >= 0.3 is 11.9 Å². The Labute approximate surface area is 125 Å². The highest BCUT2D eigenvalue weighted by atomic mass is 79.9. The number of hydrogen-bond acceptors (Lipinski definition) is 4. The molecule has 18 heavy (non-hydrogen) atoms. The summed E-state index contributed by atoms with van der Waals surface area (Å²) >= 11 is 6.29. The SMILES string of the molecule is CC(C)COC(=O)[C@H](Br)[C@@H](Br)C(=O)OCC(C)C. The molecule has 0 aromatic rings. The van der Waals surface area contributed by atoms with Crippen molar-refractivity contribution in [1.29, 1.82) is 0 Å². The lowest BCUT2D eigenvalue weighted by Gasteiger charge is -2.16. The van der Waals surface area contributed by atoms with Crippen LogP contribution < -0.4 is 0 Å². The van der Waals surface area contributed by atoms with E-state index in [-0.39, 0.29) is 11.8 Å². The van der Waals surface area contributed by atoms with Gasteiger partial charge in [-0.2, -0.15) is 0 Å². The minimum atomic E-state index is -0.740. The van der Waals surface area contributed by atoms with Gasteiger partial charge in [-0.1, -0.05) is 59.6 Å². The Kier molecular flexibility index (Phi) is 8.86. The highest BCUT2D eigenvalue weighted by Gasteiger charge is 2.32. The summed E-state index contributed by atoms with van der Waals surface area (Å²) in [5.41, 5.74) is 0. The molecule has 0 fully saturated rings. The van der Waals surface area contributed by atoms with Crippen molar-refractivity contribution in [1.82, 2.24) is 0 Å². The van der Waals surface area contributed by atoms with Crippen molar-refractivity contribution in [3.63, 3.8) is 0 Å². The van der Waals surface area contributed by atoms with Crippen LogP contribution in [-0.2, 0) is 19.1 Å². The van der Waals surface area contributed by atoms with Crippen LogP contribution in [0.4, 0.5) is 0 Å². The molecule has 4 nitrogen and oxygen atoms in total. The molecule has 2 atom stereocenters. The first kappa shape index (κ1) is 17.9. The second-order valence-corrected chi connectivity index (χ2v) is 6.82. The molecule has 0 heterocycles. The van der Waals surface area contributed by atoms with Gasteiger partial charge in [0.1, 0.15) is 9.65 Å². The van der Waals surface area contributed by atoms with Crippen LogP contribution in [0, 0.1) is 11.8 Å². The molecule has 106 valence electrons. The summed E-state index contributed by atoms with van der Waals surface area (Å²) in [5.74, 6) is -0.412. The second kappa shape index (κ2) is 8.91. The average Bonchev–Trinajstić information content (AvgIpc) is 2.30. The summed E-state index contributed by atoms with van der Waals surface area (Å²) in [5, 5.41) is 0. The third-order valence-corrected chi connectivity index (χ3v) is 4.34. The highest BCUT2D eigenvalue weighted by molar-refractivity contribution is 9.12. The zero-order valence-corrected chi connectivity index (χ0v) is 14.3. The zero-order chi connectivity index (χ0) is 14.3. The van der Waals surface area contributed by atoms with Crippen molar-refractivity contribution in [2.24, 2.45) is 11.8 Å². The highest BCUT2D eigenvalue weighted by Crippen LogP contribution is 2.18. The maximum atomic E-state index is 11.6. The molecule has 0 amide bonds. The molecule has 0 spiro atoms. The molecule has 0 N–H and O–H groups in total. The fraction of sp³-hybridized carbons (Fsp3) is 0.833. The normalized spacial score (nSPS) is 14.4. The lowest BCUT2D eigenvalue weighted by atomic mass is 10.2. The number of halogens is 2. The number of alkyl halides is 2. The molecule has 6 heteroatoms. The molecule has 0 bridgehead atoms. The van der Waals surface area contributed by atoms with Crippen molar-refractivity contribution < 1.29 is 19.1 Å². The zero-order valence-electron chi connectivity index (χ0n) is 11.1. The quantitative estimate of drug-likeness (QED) is 0.497. The lowest BCUT2D eigenvalue weighted by molar-refractivity contribution is -0.149. The molecule has 0 aliphatic carbocycles. The number of ether oxygens (including phenoxy) is 2. The lowest BCUT2D eigenvalue weighted by Crippen LogP contribution is -2.34. The molecule has 0 saturated carbocycles. The Hall–Kier alpha value is -0.100. The molecule has 0 aliphatic rings. The Morgan fingerprint density at radius 1 is 0.833 bits per heavy atom.